The molecule has 0 amide bonds. The Hall–Kier alpha value is -2.36. The highest BCUT2D eigenvalue weighted by Gasteiger charge is 2.46. The summed E-state index contributed by atoms with van der Waals surface area (Å²) in [5, 5.41) is 3.66. The zero-order chi connectivity index (χ0) is 17.8. The van der Waals surface area contributed by atoms with Gasteiger partial charge in [0.1, 0.15) is 0 Å². The first-order chi connectivity index (χ1) is 13.4. The van der Waals surface area contributed by atoms with Crippen LogP contribution in [0, 0.1) is 0 Å². The van der Waals surface area contributed by atoms with Gasteiger partial charge >= 0.3 is 0 Å². The summed E-state index contributed by atoms with van der Waals surface area (Å²) < 4.78 is 0. The van der Waals surface area contributed by atoms with Crippen molar-refractivity contribution >= 4 is 34.9 Å². The molecule has 1 spiro atoms. The summed E-state index contributed by atoms with van der Waals surface area (Å²) >= 11 is 3.86. The number of allylic oxidation sites excluding steroid dienone is 3. The molecular weight excluding hydrogens is 366 g/mol. The third-order valence-corrected chi connectivity index (χ3v) is 8.37. The third kappa shape index (κ3) is 2.16. The van der Waals surface area contributed by atoms with Gasteiger partial charge < -0.3 is 5.32 Å². The topological polar surface area (TPSA) is 12.0 Å². The van der Waals surface area contributed by atoms with E-state index in [2.05, 4.69) is 90.3 Å². The second-order valence-electron chi connectivity index (χ2n) is 7.07. The smallest absolute Gasteiger partial charge is 0.0601 e. The Labute approximate surface area is 167 Å². The summed E-state index contributed by atoms with van der Waals surface area (Å²) in [5.41, 5.74) is 5.10. The molecule has 1 aliphatic carbocycles. The molecule has 0 radical (unpaired) electrons. The number of nitrogens with one attached hydrogen (secondary N) is 1. The molecule has 3 heteroatoms. The molecule has 3 aromatic carbocycles. The minimum absolute atomic E-state index is 0.117. The molecule has 0 unspecified atom stereocenters. The standard InChI is InChI=1S/C24H17NS2/c1-3-10-18-16(8-1)24(17-9-2-4-11-19(17)25-18)15-7-14-22-23(24)27-21-13-6-5-12-20(21)26-22/h1-14,25H,15H2. The van der Waals surface area contributed by atoms with Crippen molar-refractivity contribution in [3.8, 4) is 0 Å². The minimum atomic E-state index is -0.117. The van der Waals surface area contributed by atoms with Crippen LogP contribution in [0.5, 0.6) is 0 Å². The quantitative estimate of drug-likeness (QED) is 0.445. The van der Waals surface area contributed by atoms with Crippen LogP contribution in [-0.4, -0.2) is 0 Å². The number of anilines is 2. The number of para-hydroxylation sites is 2. The molecule has 1 nitrogen and oxygen atoms in total. The van der Waals surface area contributed by atoms with E-state index >= 15 is 0 Å². The molecule has 0 saturated heterocycles. The van der Waals surface area contributed by atoms with Gasteiger partial charge in [-0.3, -0.25) is 0 Å². The van der Waals surface area contributed by atoms with E-state index in [1.165, 1.54) is 42.1 Å². The lowest BCUT2D eigenvalue weighted by atomic mass is 9.67. The van der Waals surface area contributed by atoms with E-state index in [0.29, 0.717) is 0 Å². The molecule has 2 aliphatic heterocycles. The fourth-order valence-electron chi connectivity index (χ4n) is 4.47. The molecule has 0 saturated carbocycles. The molecule has 3 aliphatic rings. The maximum Gasteiger partial charge on any atom is 0.0601 e. The van der Waals surface area contributed by atoms with Crippen LogP contribution in [0.4, 0.5) is 11.4 Å². The Balaban J connectivity index is 1.65. The maximum atomic E-state index is 3.66. The number of rotatable bonds is 0. The van der Waals surface area contributed by atoms with E-state index in [1.807, 2.05) is 23.5 Å². The number of thioether (sulfide) groups is 2. The van der Waals surface area contributed by atoms with Gasteiger partial charge in [-0.05, 0) is 41.8 Å². The zero-order valence-corrected chi connectivity index (χ0v) is 16.2. The molecule has 130 valence electrons. The molecule has 27 heavy (non-hydrogen) atoms. The maximum absolute atomic E-state index is 3.66. The highest BCUT2D eigenvalue weighted by molar-refractivity contribution is 8.09. The first-order valence-electron chi connectivity index (χ1n) is 9.18. The number of benzene rings is 3. The van der Waals surface area contributed by atoms with Gasteiger partial charge in [-0.15, -0.1) is 0 Å². The lowest BCUT2D eigenvalue weighted by Crippen LogP contribution is -2.35. The van der Waals surface area contributed by atoms with Gasteiger partial charge in [0, 0.05) is 31.0 Å². The van der Waals surface area contributed by atoms with Crippen molar-refractivity contribution in [3.05, 3.63) is 106 Å². The number of hydrogen-bond donors (Lipinski definition) is 1. The van der Waals surface area contributed by atoms with Crippen molar-refractivity contribution in [3.63, 3.8) is 0 Å². The van der Waals surface area contributed by atoms with Gasteiger partial charge in [0.05, 0.1) is 5.41 Å². The van der Waals surface area contributed by atoms with E-state index in [-0.39, 0.29) is 5.41 Å². The second-order valence-corrected chi connectivity index (χ2v) is 9.21. The Bertz CT molecular complexity index is 1100. The van der Waals surface area contributed by atoms with Crippen molar-refractivity contribution in [1.82, 2.24) is 0 Å². The highest BCUT2D eigenvalue weighted by atomic mass is 32.2. The van der Waals surface area contributed by atoms with Gasteiger partial charge in [0.25, 0.3) is 0 Å². The minimum Gasteiger partial charge on any atom is -0.355 e. The normalized spacial score (nSPS) is 18.2. The number of fused-ring (bicyclic) bond motifs is 6. The first kappa shape index (κ1) is 15.7. The van der Waals surface area contributed by atoms with E-state index < -0.39 is 0 Å². The molecule has 3 aromatic rings. The molecule has 0 bridgehead atoms. The summed E-state index contributed by atoms with van der Waals surface area (Å²) in [4.78, 5) is 5.58. The molecular formula is C24H17NS2. The first-order valence-corrected chi connectivity index (χ1v) is 10.8. The lowest BCUT2D eigenvalue weighted by Gasteiger charge is -2.45. The molecule has 0 aromatic heterocycles. The van der Waals surface area contributed by atoms with Crippen LogP contribution in [0.3, 0.4) is 0 Å². The predicted octanol–water partition coefficient (Wildman–Crippen LogP) is 7.10. The van der Waals surface area contributed by atoms with Gasteiger partial charge in [0.15, 0.2) is 0 Å². The Kier molecular flexibility index (Phi) is 3.38. The predicted molar refractivity (Wildman–Crippen MR) is 116 cm³/mol. The van der Waals surface area contributed by atoms with Crippen molar-refractivity contribution in [2.24, 2.45) is 0 Å². The van der Waals surface area contributed by atoms with Gasteiger partial charge in [-0.2, -0.15) is 0 Å². The molecule has 6 rings (SSSR count). The van der Waals surface area contributed by atoms with Crippen LogP contribution >= 0.6 is 23.5 Å². The van der Waals surface area contributed by atoms with Crippen LogP contribution in [0.15, 0.2) is 105 Å². The summed E-state index contributed by atoms with van der Waals surface area (Å²) in [7, 11) is 0. The molecule has 2 heterocycles. The van der Waals surface area contributed by atoms with E-state index in [1.54, 1.807) is 0 Å². The Morgan fingerprint density at radius 2 is 1.30 bits per heavy atom. The Morgan fingerprint density at radius 3 is 2.00 bits per heavy atom. The summed E-state index contributed by atoms with van der Waals surface area (Å²) in [6, 6.07) is 26.4. The fraction of sp³-hybridized carbons (Fsp3) is 0.0833. The average molecular weight is 384 g/mol. The van der Waals surface area contributed by atoms with E-state index in [9.17, 15) is 0 Å². The monoisotopic (exact) mass is 383 g/mol. The molecule has 1 N–H and O–H groups in total. The SMILES string of the molecule is C1=CC2=C(Sc3ccccc3S2)C2(C1)c1ccccc1Nc1ccccc12. The third-order valence-electron chi connectivity index (χ3n) is 5.63. The largest absolute Gasteiger partial charge is 0.355 e. The lowest BCUT2D eigenvalue weighted by molar-refractivity contribution is 0.632. The van der Waals surface area contributed by atoms with Crippen molar-refractivity contribution in [2.45, 2.75) is 21.6 Å². The summed E-state index contributed by atoms with van der Waals surface area (Å²) in [5.74, 6) is 0. The fourth-order valence-corrected chi connectivity index (χ4v) is 7.13. The number of hydrogen-bond acceptors (Lipinski definition) is 3. The van der Waals surface area contributed by atoms with E-state index in [4.69, 9.17) is 0 Å². The van der Waals surface area contributed by atoms with Crippen LogP contribution in [-0.2, 0) is 5.41 Å². The van der Waals surface area contributed by atoms with Gasteiger partial charge in [0.2, 0.25) is 0 Å². The second kappa shape index (κ2) is 5.82. The van der Waals surface area contributed by atoms with Crippen LogP contribution in [0.25, 0.3) is 0 Å². The Morgan fingerprint density at radius 1 is 0.704 bits per heavy atom. The van der Waals surface area contributed by atoms with Crippen molar-refractivity contribution in [1.29, 1.82) is 0 Å². The van der Waals surface area contributed by atoms with Gasteiger partial charge in [-0.1, -0.05) is 84.2 Å². The highest BCUT2D eigenvalue weighted by Crippen LogP contribution is 2.62. The molecule has 0 atom stereocenters. The molecule has 0 fully saturated rings. The van der Waals surface area contributed by atoms with Crippen LogP contribution in [0.1, 0.15) is 17.5 Å². The summed E-state index contributed by atoms with van der Waals surface area (Å²) in [6.45, 7) is 0. The summed E-state index contributed by atoms with van der Waals surface area (Å²) in [6.07, 6.45) is 5.68. The zero-order valence-electron chi connectivity index (χ0n) is 14.6. The van der Waals surface area contributed by atoms with Crippen molar-refractivity contribution in [2.75, 3.05) is 5.32 Å². The van der Waals surface area contributed by atoms with Gasteiger partial charge in [-0.25, -0.2) is 0 Å². The van der Waals surface area contributed by atoms with Crippen LogP contribution in [0.2, 0.25) is 0 Å². The average Bonchev–Trinajstić information content (AvgIpc) is 2.73. The van der Waals surface area contributed by atoms with Crippen molar-refractivity contribution < 1.29 is 0 Å². The van der Waals surface area contributed by atoms with E-state index in [0.717, 1.165) is 6.42 Å². The van der Waals surface area contributed by atoms with Crippen LogP contribution < -0.4 is 5.32 Å².